The lowest BCUT2D eigenvalue weighted by atomic mass is 10.5. The van der Waals surface area contributed by atoms with E-state index in [4.69, 9.17) is 20.9 Å². The van der Waals surface area contributed by atoms with Crippen LogP contribution in [0, 0.1) is 0 Å². The van der Waals surface area contributed by atoms with Gasteiger partial charge in [-0.2, -0.15) is 0 Å². The average molecular weight is 198 g/mol. The van der Waals surface area contributed by atoms with Crippen molar-refractivity contribution >= 4 is 18.5 Å². The Morgan fingerprint density at radius 2 is 1.36 bits per heavy atom. The maximum atomic E-state index is 9.34. The van der Waals surface area contributed by atoms with E-state index in [0.29, 0.717) is 0 Å². The Bertz CT molecular complexity index is 144. The topological polar surface area (TPSA) is 38.7 Å². The molecule has 5 heteroatoms. The average Bonchev–Trinajstić information content (AvgIpc) is 1.53. The first kappa shape index (κ1) is 11.5. The molecule has 0 aromatic carbocycles. The summed E-state index contributed by atoms with van der Waals surface area (Å²) in [5.74, 6) is 0. The zero-order valence-electron chi connectivity index (χ0n) is 7.27. The molecule has 0 aliphatic rings. The normalized spacial score (nSPS) is 13.0. The standard InChI is InChI=1S/C6H15O3PS/c1-5(2)8-10(7,11)9-6(3)4/h5-6H,1-4H3,(H,7,11). The third-order valence-corrected chi connectivity index (χ3v) is 2.58. The smallest absolute Gasteiger partial charge is 0.324 e. The molecule has 11 heavy (non-hydrogen) atoms. The van der Waals surface area contributed by atoms with Crippen LogP contribution >= 0.6 is 6.72 Å². The quantitative estimate of drug-likeness (QED) is 0.702. The van der Waals surface area contributed by atoms with Gasteiger partial charge in [0.15, 0.2) is 0 Å². The van der Waals surface area contributed by atoms with Gasteiger partial charge >= 0.3 is 6.72 Å². The van der Waals surface area contributed by atoms with Crippen molar-refractivity contribution in [3.63, 3.8) is 0 Å². The van der Waals surface area contributed by atoms with Crippen molar-refractivity contribution in [1.29, 1.82) is 0 Å². The van der Waals surface area contributed by atoms with Crippen LogP contribution in [-0.4, -0.2) is 17.1 Å². The molecule has 0 aliphatic heterocycles. The molecule has 0 aliphatic carbocycles. The molecule has 0 radical (unpaired) electrons. The molecule has 0 aromatic heterocycles. The van der Waals surface area contributed by atoms with Gasteiger partial charge in [-0.05, 0) is 39.5 Å². The van der Waals surface area contributed by atoms with Crippen LogP contribution in [-0.2, 0) is 20.9 Å². The van der Waals surface area contributed by atoms with Gasteiger partial charge in [-0.3, -0.25) is 0 Å². The summed E-state index contributed by atoms with van der Waals surface area (Å²) >= 11 is 4.72. The fourth-order valence-electron chi connectivity index (χ4n) is 0.558. The van der Waals surface area contributed by atoms with Crippen LogP contribution in [0.3, 0.4) is 0 Å². The van der Waals surface area contributed by atoms with Crippen LogP contribution < -0.4 is 0 Å². The first-order valence-electron chi connectivity index (χ1n) is 3.53. The molecule has 0 amide bonds. The SMILES string of the molecule is CC(C)OP(O)(=S)OC(C)C. The molecule has 0 fully saturated rings. The van der Waals surface area contributed by atoms with Gasteiger partial charge in [0.2, 0.25) is 0 Å². The zero-order valence-corrected chi connectivity index (χ0v) is 8.98. The van der Waals surface area contributed by atoms with E-state index >= 15 is 0 Å². The second-order valence-electron chi connectivity index (χ2n) is 2.78. The van der Waals surface area contributed by atoms with Gasteiger partial charge in [0.05, 0.1) is 12.2 Å². The van der Waals surface area contributed by atoms with Crippen LogP contribution in [0.4, 0.5) is 0 Å². The molecular weight excluding hydrogens is 183 g/mol. The van der Waals surface area contributed by atoms with Crippen molar-refractivity contribution in [3.8, 4) is 0 Å². The Morgan fingerprint density at radius 1 is 1.09 bits per heavy atom. The van der Waals surface area contributed by atoms with Gasteiger partial charge in [-0.1, -0.05) is 0 Å². The maximum absolute atomic E-state index is 9.34. The molecule has 3 nitrogen and oxygen atoms in total. The summed E-state index contributed by atoms with van der Waals surface area (Å²) in [5, 5.41) is 0. The third kappa shape index (κ3) is 6.91. The molecule has 0 heterocycles. The summed E-state index contributed by atoms with van der Waals surface area (Å²) in [5.41, 5.74) is 0. The highest BCUT2D eigenvalue weighted by Crippen LogP contribution is 2.45. The molecule has 0 unspecified atom stereocenters. The Labute approximate surface area is 73.0 Å². The van der Waals surface area contributed by atoms with Gasteiger partial charge in [0.1, 0.15) is 0 Å². The first-order valence-corrected chi connectivity index (χ1v) is 6.12. The van der Waals surface area contributed by atoms with E-state index in [2.05, 4.69) is 0 Å². The van der Waals surface area contributed by atoms with E-state index in [9.17, 15) is 4.89 Å². The van der Waals surface area contributed by atoms with Gasteiger partial charge < -0.3 is 13.9 Å². The van der Waals surface area contributed by atoms with E-state index in [0.717, 1.165) is 0 Å². The van der Waals surface area contributed by atoms with Crippen LogP contribution in [0.5, 0.6) is 0 Å². The van der Waals surface area contributed by atoms with E-state index in [1.807, 2.05) is 0 Å². The van der Waals surface area contributed by atoms with E-state index < -0.39 is 6.72 Å². The first-order chi connectivity index (χ1) is 4.83. The summed E-state index contributed by atoms with van der Waals surface area (Å²) in [4.78, 5) is 9.34. The minimum atomic E-state index is -2.97. The molecule has 68 valence electrons. The number of hydrogen-bond acceptors (Lipinski definition) is 3. The van der Waals surface area contributed by atoms with Gasteiger partial charge in [0.25, 0.3) is 0 Å². The Morgan fingerprint density at radius 3 is 1.55 bits per heavy atom. The summed E-state index contributed by atoms with van der Waals surface area (Å²) < 4.78 is 10.0. The molecule has 0 saturated carbocycles. The highest BCUT2D eigenvalue weighted by atomic mass is 32.5. The number of hydrogen-bond donors (Lipinski definition) is 1. The van der Waals surface area contributed by atoms with Crippen LogP contribution in [0.1, 0.15) is 27.7 Å². The monoisotopic (exact) mass is 198 g/mol. The Hall–Kier alpha value is 0.530. The molecule has 0 spiro atoms. The van der Waals surface area contributed by atoms with E-state index in [-0.39, 0.29) is 12.2 Å². The van der Waals surface area contributed by atoms with Gasteiger partial charge in [-0.15, -0.1) is 0 Å². The molecule has 0 aromatic rings. The van der Waals surface area contributed by atoms with Crippen LogP contribution in [0.15, 0.2) is 0 Å². The van der Waals surface area contributed by atoms with E-state index in [1.165, 1.54) is 0 Å². The van der Waals surface area contributed by atoms with Crippen LogP contribution in [0.2, 0.25) is 0 Å². The van der Waals surface area contributed by atoms with Gasteiger partial charge in [-0.25, -0.2) is 0 Å². The fraction of sp³-hybridized carbons (Fsp3) is 1.00. The van der Waals surface area contributed by atoms with Gasteiger partial charge in [0, 0.05) is 0 Å². The largest absolute Gasteiger partial charge is 0.325 e. The second-order valence-corrected chi connectivity index (χ2v) is 5.52. The molecule has 0 rings (SSSR count). The lowest BCUT2D eigenvalue weighted by Crippen LogP contribution is -2.06. The Balaban J connectivity index is 3.91. The number of rotatable bonds is 4. The fourth-order valence-corrected chi connectivity index (χ4v) is 2.71. The van der Waals surface area contributed by atoms with Crippen molar-refractivity contribution in [1.82, 2.24) is 0 Å². The highest BCUT2D eigenvalue weighted by molar-refractivity contribution is 8.07. The predicted octanol–water partition coefficient (Wildman–Crippen LogP) is 2.05. The molecule has 0 saturated heterocycles. The third-order valence-electron chi connectivity index (χ3n) is 0.688. The lowest BCUT2D eigenvalue weighted by molar-refractivity contribution is 0.136. The maximum Gasteiger partial charge on any atom is 0.325 e. The molecular formula is C6H15O3PS. The summed E-state index contributed by atoms with van der Waals surface area (Å²) in [7, 11) is 0. The second kappa shape index (κ2) is 4.53. The predicted molar refractivity (Wildman–Crippen MR) is 48.9 cm³/mol. The molecule has 0 atom stereocenters. The lowest BCUT2D eigenvalue weighted by Gasteiger charge is -2.19. The minimum absolute atomic E-state index is 0.0930. The minimum Gasteiger partial charge on any atom is -0.324 e. The van der Waals surface area contributed by atoms with Crippen molar-refractivity contribution in [2.24, 2.45) is 0 Å². The van der Waals surface area contributed by atoms with Crippen molar-refractivity contribution in [2.75, 3.05) is 0 Å². The zero-order chi connectivity index (χ0) is 9.07. The summed E-state index contributed by atoms with van der Waals surface area (Å²) in [6.07, 6.45) is -0.186. The summed E-state index contributed by atoms with van der Waals surface area (Å²) in [6, 6.07) is 0. The summed E-state index contributed by atoms with van der Waals surface area (Å²) in [6.45, 7) is 4.25. The van der Waals surface area contributed by atoms with Crippen molar-refractivity contribution < 1.29 is 13.9 Å². The van der Waals surface area contributed by atoms with Crippen molar-refractivity contribution in [3.05, 3.63) is 0 Å². The highest BCUT2D eigenvalue weighted by Gasteiger charge is 2.18. The van der Waals surface area contributed by atoms with E-state index in [1.54, 1.807) is 27.7 Å². The Kier molecular flexibility index (Phi) is 4.75. The van der Waals surface area contributed by atoms with Crippen LogP contribution in [0.25, 0.3) is 0 Å². The molecule has 0 bridgehead atoms. The molecule has 1 N–H and O–H groups in total. The van der Waals surface area contributed by atoms with Crippen molar-refractivity contribution in [2.45, 2.75) is 39.9 Å².